The van der Waals surface area contributed by atoms with Crippen molar-refractivity contribution in [1.82, 2.24) is 5.32 Å². The normalized spacial score (nSPS) is 17.0. The number of carbonyl (C=O) groups is 1. The summed E-state index contributed by atoms with van der Waals surface area (Å²) < 4.78 is 0. The van der Waals surface area contributed by atoms with Gasteiger partial charge in [-0.25, -0.2) is 0 Å². The lowest BCUT2D eigenvalue weighted by molar-refractivity contribution is -0.113. The van der Waals surface area contributed by atoms with Gasteiger partial charge in [0.05, 0.1) is 0 Å². The smallest absolute Gasteiger partial charge is 0.253 e. The number of carbonyl (C=O) groups excluding carboxylic acids is 1. The highest BCUT2D eigenvalue weighted by Gasteiger charge is 2.31. The fraction of sp³-hybridized carbons (Fsp3) is 0.292. The molecule has 3 heteroatoms. The quantitative estimate of drug-likeness (QED) is 0.747. The third-order valence-electron chi connectivity index (χ3n) is 5.36. The maximum absolute atomic E-state index is 13.2. The first-order valence-corrected chi connectivity index (χ1v) is 9.55. The fourth-order valence-electron chi connectivity index (χ4n) is 3.99. The molecule has 2 aromatic carbocycles. The Morgan fingerprint density at radius 1 is 0.926 bits per heavy atom. The molecule has 0 saturated carbocycles. The van der Waals surface area contributed by atoms with E-state index in [-0.39, 0.29) is 11.8 Å². The molecule has 0 aliphatic carbocycles. The van der Waals surface area contributed by atoms with Gasteiger partial charge < -0.3 is 10.6 Å². The van der Waals surface area contributed by atoms with Crippen LogP contribution in [-0.4, -0.2) is 5.91 Å². The summed E-state index contributed by atoms with van der Waals surface area (Å²) in [5.41, 5.74) is 8.46. The number of benzene rings is 2. The van der Waals surface area contributed by atoms with Crippen molar-refractivity contribution in [1.29, 1.82) is 0 Å². The van der Waals surface area contributed by atoms with Crippen molar-refractivity contribution in [3.8, 4) is 0 Å². The van der Waals surface area contributed by atoms with E-state index in [2.05, 4.69) is 55.7 Å². The molecule has 1 aliphatic rings. The number of aryl methyl sites for hydroxylation is 2. The molecule has 0 radical (unpaired) electrons. The Hall–Kier alpha value is -2.81. The van der Waals surface area contributed by atoms with Crippen molar-refractivity contribution in [2.24, 2.45) is 5.92 Å². The van der Waals surface area contributed by atoms with Crippen LogP contribution in [0.25, 0.3) is 5.57 Å². The van der Waals surface area contributed by atoms with Crippen molar-refractivity contribution in [3.05, 3.63) is 82.2 Å². The van der Waals surface area contributed by atoms with Gasteiger partial charge in [-0.15, -0.1) is 0 Å². The lowest BCUT2D eigenvalue weighted by Crippen LogP contribution is -2.31. The molecule has 27 heavy (non-hydrogen) atoms. The standard InChI is InChI=1S/C24H28N2O/c1-6-19-22(20-13-9-7-11-15(20)2)17(4)25-18(5)23(19)24(27)26-21-14-10-8-12-16(21)3/h7-14,19,25H,6H2,1-5H3,(H,26,27). The number of hydrogen-bond acceptors (Lipinski definition) is 2. The zero-order valence-electron chi connectivity index (χ0n) is 16.8. The van der Waals surface area contributed by atoms with E-state index in [1.54, 1.807) is 0 Å². The van der Waals surface area contributed by atoms with Crippen LogP contribution in [0.15, 0.2) is 65.5 Å². The third kappa shape index (κ3) is 3.68. The van der Waals surface area contributed by atoms with Gasteiger partial charge in [-0.3, -0.25) is 4.79 Å². The Balaban J connectivity index is 2.00. The van der Waals surface area contributed by atoms with Crippen LogP contribution in [0.4, 0.5) is 5.69 Å². The van der Waals surface area contributed by atoms with E-state index in [9.17, 15) is 4.79 Å². The molecule has 2 aromatic rings. The van der Waals surface area contributed by atoms with Gasteiger partial charge in [0.1, 0.15) is 0 Å². The number of dihydropyridines is 1. The van der Waals surface area contributed by atoms with E-state index in [4.69, 9.17) is 0 Å². The zero-order valence-corrected chi connectivity index (χ0v) is 16.8. The lowest BCUT2D eigenvalue weighted by atomic mass is 9.79. The van der Waals surface area contributed by atoms with Gasteiger partial charge in [0.25, 0.3) is 5.91 Å². The maximum atomic E-state index is 13.2. The van der Waals surface area contributed by atoms with Crippen LogP contribution in [-0.2, 0) is 4.79 Å². The minimum absolute atomic E-state index is 0.0280. The van der Waals surface area contributed by atoms with Crippen molar-refractivity contribution >= 4 is 17.2 Å². The molecule has 1 heterocycles. The minimum Gasteiger partial charge on any atom is -0.362 e. The predicted octanol–water partition coefficient (Wildman–Crippen LogP) is 5.58. The first-order valence-electron chi connectivity index (χ1n) is 9.55. The molecule has 1 aliphatic heterocycles. The van der Waals surface area contributed by atoms with Crippen LogP contribution in [0.2, 0.25) is 0 Å². The number of amides is 1. The highest BCUT2D eigenvalue weighted by molar-refractivity contribution is 6.07. The van der Waals surface area contributed by atoms with E-state index in [0.717, 1.165) is 34.6 Å². The highest BCUT2D eigenvalue weighted by atomic mass is 16.1. The molecule has 0 spiro atoms. The van der Waals surface area contributed by atoms with Crippen molar-refractivity contribution in [2.75, 3.05) is 5.32 Å². The maximum Gasteiger partial charge on any atom is 0.253 e. The summed E-state index contributed by atoms with van der Waals surface area (Å²) >= 11 is 0. The number of anilines is 1. The summed E-state index contributed by atoms with van der Waals surface area (Å²) in [6.07, 6.45) is 0.872. The average molecular weight is 361 g/mol. The summed E-state index contributed by atoms with van der Waals surface area (Å²) in [6, 6.07) is 16.3. The number of para-hydroxylation sites is 1. The van der Waals surface area contributed by atoms with Crippen molar-refractivity contribution < 1.29 is 4.79 Å². The molecule has 1 amide bonds. The van der Waals surface area contributed by atoms with E-state index >= 15 is 0 Å². The van der Waals surface area contributed by atoms with E-state index in [1.165, 1.54) is 16.7 Å². The Morgan fingerprint density at radius 3 is 2.19 bits per heavy atom. The largest absolute Gasteiger partial charge is 0.362 e. The van der Waals surface area contributed by atoms with Crippen molar-refractivity contribution in [2.45, 2.75) is 41.0 Å². The van der Waals surface area contributed by atoms with Gasteiger partial charge >= 0.3 is 0 Å². The topological polar surface area (TPSA) is 41.1 Å². The Labute approximate surface area is 162 Å². The van der Waals surface area contributed by atoms with Gasteiger partial charge in [-0.2, -0.15) is 0 Å². The van der Waals surface area contributed by atoms with Crippen LogP contribution >= 0.6 is 0 Å². The molecule has 1 unspecified atom stereocenters. The molecule has 0 bridgehead atoms. The van der Waals surface area contributed by atoms with Gasteiger partial charge in [-0.1, -0.05) is 49.4 Å². The molecule has 140 valence electrons. The highest BCUT2D eigenvalue weighted by Crippen LogP contribution is 2.39. The molecule has 1 atom stereocenters. The Kier molecular flexibility index (Phi) is 5.50. The first-order chi connectivity index (χ1) is 12.9. The van der Waals surface area contributed by atoms with Crippen LogP contribution < -0.4 is 10.6 Å². The van der Waals surface area contributed by atoms with Crippen LogP contribution in [0.3, 0.4) is 0 Å². The van der Waals surface area contributed by atoms with Gasteiger partial charge in [0, 0.05) is 28.6 Å². The minimum atomic E-state index is -0.0280. The molecule has 0 aromatic heterocycles. The number of hydrogen-bond donors (Lipinski definition) is 2. The second-order valence-corrected chi connectivity index (χ2v) is 7.25. The lowest BCUT2D eigenvalue weighted by Gasteiger charge is -2.32. The van der Waals surface area contributed by atoms with Gasteiger partial charge in [0.2, 0.25) is 0 Å². The van der Waals surface area contributed by atoms with Crippen molar-refractivity contribution in [3.63, 3.8) is 0 Å². The first kappa shape index (κ1) is 19.0. The molecular weight excluding hydrogens is 332 g/mol. The van der Waals surface area contributed by atoms with E-state index in [0.29, 0.717) is 0 Å². The van der Waals surface area contributed by atoms with Crippen LogP contribution in [0.5, 0.6) is 0 Å². The van der Waals surface area contributed by atoms with Crippen LogP contribution in [0, 0.1) is 19.8 Å². The van der Waals surface area contributed by atoms with Crippen LogP contribution in [0.1, 0.15) is 43.9 Å². The second-order valence-electron chi connectivity index (χ2n) is 7.25. The van der Waals surface area contributed by atoms with Gasteiger partial charge in [-0.05, 0) is 62.4 Å². The average Bonchev–Trinajstić information content (AvgIpc) is 2.63. The summed E-state index contributed by atoms with van der Waals surface area (Å²) in [4.78, 5) is 13.2. The zero-order chi connectivity index (χ0) is 19.6. The molecule has 0 fully saturated rings. The molecule has 0 saturated heterocycles. The summed E-state index contributed by atoms with van der Waals surface area (Å²) in [5, 5.41) is 6.57. The van der Waals surface area contributed by atoms with Gasteiger partial charge in [0.15, 0.2) is 0 Å². The fourth-order valence-corrected chi connectivity index (χ4v) is 3.99. The predicted molar refractivity (Wildman–Crippen MR) is 113 cm³/mol. The van der Waals surface area contributed by atoms with E-state index < -0.39 is 0 Å². The Bertz CT molecular complexity index is 937. The third-order valence-corrected chi connectivity index (χ3v) is 5.36. The monoisotopic (exact) mass is 360 g/mol. The summed E-state index contributed by atoms with van der Waals surface area (Å²) in [5.74, 6) is 0.0381. The SMILES string of the molecule is CCC1C(C(=O)Nc2ccccc2C)=C(C)NC(C)=C1c1ccccc1C. The summed E-state index contributed by atoms with van der Waals surface area (Å²) in [7, 11) is 0. The molecule has 3 rings (SSSR count). The summed E-state index contributed by atoms with van der Waals surface area (Å²) in [6.45, 7) is 10.4. The molecule has 2 N–H and O–H groups in total. The second kappa shape index (κ2) is 7.83. The van der Waals surface area contributed by atoms with E-state index in [1.807, 2.05) is 38.1 Å². The number of rotatable bonds is 4. The molecule has 3 nitrogen and oxygen atoms in total. The Morgan fingerprint density at radius 2 is 1.56 bits per heavy atom. The molecular formula is C24H28N2O. The number of nitrogens with one attached hydrogen (secondary N) is 2. The number of allylic oxidation sites excluding steroid dienone is 3.